The molecule has 6 N–H and O–H groups in total. The number of aryl methyl sites for hydroxylation is 1. The molecule has 0 aliphatic carbocycles. The molecule has 7 heteroatoms. The van der Waals surface area contributed by atoms with E-state index in [1.165, 1.54) is 6.07 Å². The fourth-order valence-electron chi connectivity index (χ4n) is 2.42. The van der Waals surface area contributed by atoms with E-state index in [1.807, 2.05) is 6.92 Å². The molecule has 0 spiro atoms. The summed E-state index contributed by atoms with van der Waals surface area (Å²) in [5, 5.41) is 18.7. The van der Waals surface area contributed by atoms with Crippen LogP contribution in [-0.4, -0.2) is 42.3 Å². The summed E-state index contributed by atoms with van der Waals surface area (Å²) in [6.07, 6.45) is 1.52. The van der Waals surface area contributed by atoms with E-state index in [1.54, 1.807) is 12.1 Å². The van der Waals surface area contributed by atoms with E-state index in [-0.39, 0.29) is 6.54 Å². The van der Waals surface area contributed by atoms with E-state index in [9.17, 15) is 14.7 Å². The molecule has 22 heavy (non-hydrogen) atoms. The Kier molecular flexibility index (Phi) is 4.99. The zero-order chi connectivity index (χ0) is 16.2. The molecule has 1 aromatic carbocycles. The third-order valence-electron chi connectivity index (χ3n) is 3.80. The van der Waals surface area contributed by atoms with Gasteiger partial charge in [-0.3, -0.25) is 4.79 Å². The lowest BCUT2D eigenvalue weighted by Crippen LogP contribution is -2.53. The number of primary amides is 1. The van der Waals surface area contributed by atoms with Crippen molar-refractivity contribution in [3.05, 3.63) is 29.3 Å². The van der Waals surface area contributed by atoms with Crippen molar-refractivity contribution in [3.8, 4) is 0 Å². The van der Waals surface area contributed by atoms with Gasteiger partial charge in [-0.15, -0.1) is 0 Å². The SMILES string of the molecule is Cc1ccc(C(N)=O)cc1NC(=O)NC[C@]1(O)CCCNC1. The summed E-state index contributed by atoms with van der Waals surface area (Å²) in [6.45, 7) is 3.33. The van der Waals surface area contributed by atoms with Gasteiger partial charge in [0.05, 0.1) is 5.60 Å². The number of hydrogen-bond donors (Lipinski definition) is 5. The van der Waals surface area contributed by atoms with Crippen molar-refractivity contribution in [2.45, 2.75) is 25.4 Å². The molecule has 0 aromatic heterocycles. The van der Waals surface area contributed by atoms with E-state index in [0.29, 0.717) is 24.2 Å². The maximum atomic E-state index is 12.0. The number of piperidine rings is 1. The lowest BCUT2D eigenvalue weighted by Gasteiger charge is -2.32. The number of carbonyl (C=O) groups excluding carboxylic acids is 2. The average Bonchev–Trinajstić information content (AvgIpc) is 2.48. The Hall–Kier alpha value is -2.12. The molecule has 7 nitrogen and oxygen atoms in total. The third kappa shape index (κ3) is 4.19. The van der Waals surface area contributed by atoms with Crippen molar-refractivity contribution >= 4 is 17.6 Å². The topological polar surface area (TPSA) is 116 Å². The molecule has 0 saturated carbocycles. The van der Waals surface area contributed by atoms with Crippen LogP contribution in [0.1, 0.15) is 28.8 Å². The summed E-state index contributed by atoms with van der Waals surface area (Å²) in [7, 11) is 0. The van der Waals surface area contributed by atoms with Gasteiger partial charge < -0.3 is 26.8 Å². The van der Waals surface area contributed by atoms with Crippen LogP contribution in [0.5, 0.6) is 0 Å². The zero-order valence-corrected chi connectivity index (χ0v) is 12.6. The number of anilines is 1. The highest BCUT2D eigenvalue weighted by Crippen LogP contribution is 2.17. The Labute approximate surface area is 129 Å². The van der Waals surface area contributed by atoms with Gasteiger partial charge in [0.2, 0.25) is 5.91 Å². The van der Waals surface area contributed by atoms with Crippen molar-refractivity contribution in [2.24, 2.45) is 5.73 Å². The molecular formula is C15H22N4O3. The van der Waals surface area contributed by atoms with E-state index in [0.717, 1.165) is 18.5 Å². The number of carbonyl (C=O) groups is 2. The first-order valence-electron chi connectivity index (χ1n) is 7.28. The van der Waals surface area contributed by atoms with Gasteiger partial charge in [0.15, 0.2) is 0 Å². The van der Waals surface area contributed by atoms with Crippen LogP contribution in [0, 0.1) is 6.92 Å². The number of benzene rings is 1. The van der Waals surface area contributed by atoms with Crippen LogP contribution in [0.3, 0.4) is 0 Å². The summed E-state index contributed by atoms with van der Waals surface area (Å²) in [4.78, 5) is 23.1. The molecule has 1 atom stereocenters. The van der Waals surface area contributed by atoms with E-state index in [4.69, 9.17) is 5.73 Å². The second-order valence-electron chi connectivity index (χ2n) is 5.71. The normalized spacial score (nSPS) is 21.2. The van der Waals surface area contributed by atoms with Crippen LogP contribution < -0.4 is 21.7 Å². The second kappa shape index (κ2) is 6.76. The number of nitrogens with one attached hydrogen (secondary N) is 3. The summed E-state index contributed by atoms with van der Waals surface area (Å²) < 4.78 is 0. The number of aliphatic hydroxyl groups is 1. The molecule has 1 aromatic rings. The summed E-state index contributed by atoms with van der Waals surface area (Å²) in [5.41, 5.74) is 5.98. The maximum Gasteiger partial charge on any atom is 0.319 e. The first-order chi connectivity index (χ1) is 10.4. The number of amides is 3. The summed E-state index contributed by atoms with van der Waals surface area (Å²) in [6, 6.07) is 4.43. The van der Waals surface area contributed by atoms with Crippen molar-refractivity contribution < 1.29 is 14.7 Å². The van der Waals surface area contributed by atoms with Gasteiger partial charge in [-0.2, -0.15) is 0 Å². The first-order valence-corrected chi connectivity index (χ1v) is 7.28. The van der Waals surface area contributed by atoms with Crippen molar-refractivity contribution in [1.82, 2.24) is 10.6 Å². The zero-order valence-electron chi connectivity index (χ0n) is 12.6. The smallest absolute Gasteiger partial charge is 0.319 e. The third-order valence-corrected chi connectivity index (χ3v) is 3.80. The van der Waals surface area contributed by atoms with Gasteiger partial charge in [0, 0.05) is 24.3 Å². The van der Waals surface area contributed by atoms with Gasteiger partial charge in [-0.05, 0) is 44.0 Å². The van der Waals surface area contributed by atoms with Crippen molar-refractivity contribution in [1.29, 1.82) is 0 Å². The standard InChI is InChI=1S/C15H22N4O3/c1-10-3-4-11(13(16)20)7-12(10)19-14(21)18-9-15(22)5-2-6-17-8-15/h3-4,7,17,22H,2,5-6,8-9H2,1H3,(H2,16,20)(H2,18,19,21)/t15-/m0/s1. The Balaban J connectivity index is 1.94. The highest BCUT2D eigenvalue weighted by atomic mass is 16.3. The van der Waals surface area contributed by atoms with Crippen LogP contribution in [0.15, 0.2) is 18.2 Å². The molecular weight excluding hydrogens is 284 g/mol. The molecule has 1 aliphatic heterocycles. The summed E-state index contributed by atoms with van der Waals surface area (Å²) in [5.74, 6) is -0.550. The molecule has 1 fully saturated rings. The molecule has 2 rings (SSSR count). The Morgan fingerprint density at radius 1 is 1.45 bits per heavy atom. The Morgan fingerprint density at radius 2 is 2.23 bits per heavy atom. The fourth-order valence-corrected chi connectivity index (χ4v) is 2.42. The minimum Gasteiger partial charge on any atom is -0.387 e. The van der Waals surface area contributed by atoms with Gasteiger partial charge >= 0.3 is 6.03 Å². The minimum absolute atomic E-state index is 0.167. The monoisotopic (exact) mass is 306 g/mol. The number of urea groups is 1. The van der Waals surface area contributed by atoms with E-state index < -0.39 is 17.5 Å². The van der Waals surface area contributed by atoms with Crippen LogP contribution in [-0.2, 0) is 0 Å². The quantitative estimate of drug-likeness (QED) is 0.551. The van der Waals surface area contributed by atoms with Crippen LogP contribution in [0.2, 0.25) is 0 Å². The van der Waals surface area contributed by atoms with Gasteiger partial charge in [-0.25, -0.2) is 4.79 Å². The fraction of sp³-hybridized carbons (Fsp3) is 0.467. The Bertz CT molecular complexity index is 568. The highest BCUT2D eigenvalue weighted by Gasteiger charge is 2.29. The Morgan fingerprint density at radius 3 is 2.86 bits per heavy atom. The van der Waals surface area contributed by atoms with Gasteiger partial charge in [0.1, 0.15) is 0 Å². The van der Waals surface area contributed by atoms with Gasteiger partial charge in [-0.1, -0.05) is 6.07 Å². The van der Waals surface area contributed by atoms with Crippen LogP contribution in [0.4, 0.5) is 10.5 Å². The van der Waals surface area contributed by atoms with Gasteiger partial charge in [0.25, 0.3) is 0 Å². The van der Waals surface area contributed by atoms with Crippen molar-refractivity contribution in [3.63, 3.8) is 0 Å². The number of nitrogens with two attached hydrogens (primary N) is 1. The number of rotatable bonds is 4. The average molecular weight is 306 g/mol. The molecule has 3 amide bonds. The predicted molar refractivity (Wildman–Crippen MR) is 83.8 cm³/mol. The van der Waals surface area contributed by atoms with Crippen LogP contribution >= 0.6 is 0 Å². The molecule has 1 saturated heterocycles. The maximum absolute atomic E-state index is 12.0. The first kappa shape index (κ1) is 16.3. The van der Waals surface area contributed by atoms with E-state index >= 15 is 0 Å². The molecule has 120 valence electrons. The van der Waals surface area contributed by atoms with Crippen molar-refractivity contribution in [2.75, 3.05) is 25.0 Å². The highest BCUT2D eigenvalue weighted by molar-refractivity contribution is 5.96. The molecule has 1 heterocycles. The lowest BCUT2D eigenvalue weighted by atomic mass is 9.94. The largest absolute Gasteiger partial charge is 0.387 e. The molecule has 1 aliphatic rings. The number of β-amino-alcohol motifs (C(OH)–C–C–N with tert-alkyl or cyclic N) is 1. The predicted octanol–water partition coefficient (Wildman–Crippen LogP) is 0.330. The minimum atomic E-state index is -0.917. The van der Waals surface area contributed by atoms with Crippen LogP contribution in [0.25, 0.3) is 0 Å². The summed E-state index contributed by atoms with van der Waals surface area (Å²) >= 11 is 0. The molecule has 0 radical (unpaired) electrons. The molecule has 0 unspecified atom stereocenters. The lowest BCUT2D eigenvalue weighted by molar-refractivity contribution is 0.0198. The second-order valence-corrected chi connectivity index (χ2v) is 5.71. The van der Waals surface area contributed by atoms with E-state index in [2.05, 4.69) is 16.0 Å². The molecule has 0 bridgehead atoms. The number of hydrogen-bond acceptors (Lipinski definition) is 4.